The maximum Gasteiger partial charge on any atom is 0.416 e. The molecule has 0 aliphatic rings. The number of Topliss-reactive ketones (excluding diaryl/α,β-unsaturated/α-hetero) is 1. The predicted molar refractivity (Wildman–Crippen MR) is 138 cm³/mol. The average molecular weight is 530 g/mol. The molecular weight excluding hydrogens is 499 g/mol. The molecule has 0 saturated heterocycles. The number of benzene rings is 2. The molecule has 0 saturated carbocycles. The lowest BCUT2D eigenvalue weighted by molar-refractivity contribution is -0.138. The summed E-state index contributed by atoms with van der Waals surface area (Å²) < 4.78 is 57.4. The van der Waals surface area contributed by atoms with Gasteiger partial charge >= 0.3 is 12.1 Å². The normalized spacial score (nSPS) is 11.6. The zero-order chi connectivity index (χ0) is 27.9. The molecule has 202 valence electrons. The summed E-state index contributed by atoms with van der Waals surface area (Å²) in [4.78, 5) is 25.0. The molecule has 0 spiro atoms. The van der Waals surface area contributed by atoms with Gasteiger partial charge in [0.05, 0.1) is 18.8 Å². The molecule has 9 heteroatoms. The van der Waals surface area contributed by atoms with E-state index in [2.05, 4.69) is 0 Å². The van der Waals surface area contributed by atoms with E-state index in [9.17, 15) is 22.8 Å². The smallest absolute Gasteiger partial charge is 0.416 e. The SMILES string of the molecule is CCCOc1ccc(/C=C/C(=O)OCC(=O)c2cc(C)n(-c3cccc(C(F)(F)F)c3)c2C)cc1OCC. The van der Waals surface area contributed by atoms with Gasteiger partial charge < -0.3 is 18.8 Å². The van der Waals surface area contributed by atoms with Crippen LogP contribution in [-0.2, 0) is 15.7 Å². The van der Waals surface area contributed by atoms with E-state index in [-0.39, 0.29) is 11.3 Å². The molecule has 0 fully saturated rings. The molecule has 6 nitrogen and oxygen atoms in total. The van der Waals surface area contributed by atoms with E-state index in [1.165, 1.54) is 18.2 Å². The number of rotatable bonds is 11. The van der Waals surface area contributed by atoms with Gasteiger partial charge in [-0.25, -0.2) is 4.79 Å². The van der Waals surface area contributed by atoms with E-state index in [0.29, 0.717) is 41.7 Å². The van der Waals surface area contributed by atoms with E-state index in [1.807, 2.05) is 13.8 Å². The second-order valence-electron chi connectivity index (χ2n) is 8.52. The first-order valence-corrected chi connectivity index (χ1v) is 12.2. The molecule has 3 rings (SSSR count). The minimum absolute atomic E-state index is 0.265. The molecule has 0 aliphatic heterocycles. The van der Waals surface area contributed by atoms with Gasteiger partial charge in [-0.2, -0.15) is 13.2 Å². The highest BCUT2D eigenvalue weighted by Crippen LogP contribution is 2.32. The average Bonchev–Trinajstić information content (AvgIpc) is 3.18. The van der Waals surface area contributed by atoms with Crippen LogP contribution in [0.1, 0.15) is 53.1 Å². The van der Waals surface area contributed by atoms with Crippen LogP contribution in [0.2, 0.25) is 0 Å². The summed E-state index contributed by atoms with van der Waals surface area (Å²) in [6.45, 7) is 7.68. The van der Waals surface area contributed by atoms with Crippen LogP contribution in [0.3, 0.4) is 0 Å². The van der Waals surface area contributed by atoms with Gasteiger partial charge in [-0.3, -0.25) is 4.79 Å². The molecule has 1 heterocycles. The fourth-order valence-corrected chi connectivity index (χ4v) is 3.92. The molecular formula is C29H30F3NO5. The van der Waals surface area contributed by atoms with Crippen molar-refractivity contribution in [3.63, 3.8) is 0 Å². The molecule has 0 unspecified atom stereocenters. The van der Waals surface area contributed by atoms with Gasteiger partial charge in [-0.1, -0.05) is 19.1 Å². The fourth-order valence-electron chi connectivity index (χ4n) is 3.92. The zero-order valence-electron chi connectivity index (χ0n) is 21.7. The van der Waals surface area contributed by atoms with Crippen molar-refractivity contribution < 1.29 is 37.0 Å². The van der Waals surface area contributed by atoms with Crippen molar-refractivity contribution in [1.29, 1.82) is 0 Å². The second-order valence-corrected chi connectivity index (χ2v) is 8.52. The molecule has 38 heavy (non-hydrogen) atoms. The maximum absolute atomic E-state index is 13.2. The predicted octanol–water partition coefficient (Wildman–Crippen LogP) is 6.74. The number of hydrogen-bond donors (Lipinski definition) is 0. The summed E-state index contributed by atoms with van der Waals surface area (Å²) in [5, 5.41) is 0. The van der Waals surface area contributed by atoms with Crippen LogP contribution in [0.4, 0.5) is 13.2 Å². The van der Waals surface area contributed by atoms with Crippen molar-refractivity contribution in [3.05, 3.63) is 82.7 Å². The number of nitrogens with zero attached hydrogens (tertiary/aromatic N) is 1. The van der Waals surface area contributed by atoms with Gasteiger partial charge in [0.15, 0.2) is 18.1 Å². The van der Waals surface area contributed by atoms with Crippen molar-refractivity contribution in [2.45, 2.75) is 40.3 Å². The number of ketones is 1. The van der Waals surface area contributed by atoms with E-state index in [4.69, 9.17) is 14.2 Å². The van der Waals surface area contributed by atoms with Gasteiger partial charge in [0, 0.05) is 28.7 Å². The van der Waals surface area contributed by atoms with Crippen LogP contribution in [0.15, 0.2) is 54.6 Å². The van der Waals surface area contributed by atoms with Crippen molar-refractivity contribution in [1.82, 2.24) is 4.57 Å². The number of ether oxygens (including phenoxy) is 3. The molecule has 0 amide bonds. The topological polar surface area (TPSA) is 66.8 Å². The first kappa shape index (κ1) is 28.6. The Balaban J connectivity index is 1.68. The molecule has 0 radical (unpaired) electrons. The number of carbonyl (C=O) groups excluding carboxylic acids is 2. The third-order valence-electron chi connectivity index (χ3n) is 5.65. The third kappa shape index (κ3) is 7.06. The Morgan fingerprint density at radius 1 is 0.974 bits per heavy atom. The van der Waals surface area contributed by atoms with Crippen LogP contribution in [-0.4, -0.2) is 36.1 Å². The highest BCUT2D eigenvalue weighted by molar-refractivity contribution is 6.00. The van der Waals surface area contributed by atoms with Crippen LogP contribution >= 0.6 is 0 Å². The van der Waals surface area contributed by atoms with E-state index in [0.717, 1.165) is 18.6 Å². The van der Waals surface area contributed by atoms with Gasteiger partial charge in [-0.15, -0.1) is 0 Å². The monoisotopic (exact) mass is 529 g/mol. The zero-order valence-corrected chi connectivity index (χ0v) is 21.7. The Hall–Kier alpha value is -4.01. The van der Waals surface area contributed by atoms with Crippen molar-refractivity contribution in [3.8, 4) is 17.2 Å². The van der Waals surface area contributed by atoms with Crippen LogP contribution in [0.5, 0.6) is 11.5 Å². The summed E-state index contributed by atoms with van der Waals surface area (Å²) in [5.74, 6) is -0.00651. The number of halogens is 3. The number of esters is 1. The highest BCUT2D eigenvalue weighted by Gasteiger charge is 2.31. The summed E-state index contributed by atoms with van der Waals surface area (Å²) in [6.07, 6.45) is -0.886. The minimum Gasteiger partial charge on any atom is -0.490 e. The summed E-state index contributed by atoms with van der Waals surface area (Å²) >= 11 is 0. The van der Waals surface area contributed by atoms with Crippen molar-refractivity contribution in [2.24, 2.45) is 0 Å². The van der Waals surface area contributed by atoms with E-state index >= 15 is 0 Å². The summed E-state index contributed by atoms with van der Waals surface area (Å²) in [5.41, 5.74) is 1.48. The van der Waals surface area contributed by atoms with Crippen molar-refractivity contribution >= 4 is 17.8 Å². The Morgan fingerprint density at radius 3 is 2.42 bits per heavy atom. The molecule has 1 aromatic heterocycles. The minimum atomic E-state index is -4.49. The van der Waals surface area contributed by atoms with Gasteiger partial charge in [0.2, 0.25) is 5.78 Å². The molecule has 2 aromatic carbocycles. The molecule has 0 atom stereocenters. The van der Waals surface area contributed by atoms with Crippen LogP contribution in [0.25, 0.3) is 11.8 Å². The standard InChI is InChI=1S/C29H30F3NO5/c1-5-14-37-26-12-10-21(16-27(26)36-6-2)11-13-28(35)38-18-25(34)24-15-19(3)33(20(24)4)23-9-7-8-22(17-23)29(30,31)32/h7-13,15-17H,5-6,14,18H2,1-4H3/b13-11+. The summed E-state index contributed by atoms with van der Waals surface area (Å²) in [6, 6.07) is 11.7. The van der Waals surface area contributed by atoms with Gasteiger partial charge in [0.1, 0.15) is 0 Å². The lowest BCUT2D eigenvalue weighted by Crippen LogP contribution is -2.13. The highest BCUT2D eigenvalue weighted by atomic mass is 19.4. The van der Waals surface area contributed by atoms with Crippen LogP contribution < -0.4 is 9.47 Å². The molecule has 0 bridgehead atoms. The number of aryl methyl sites for hydroxylation is 1. The van der Waals surface area contributed by atoms with Gasteiger partial charge in [0.25, 0.3) is 0 Å². The lowest BCUT2D eigenvalue weighted by atomic mass is 10.1. The van der Waals surface area contributed by atoms with E-state index < -0.39 is 30.1 Å². The lowest BCUT2D eigenvalue weighted by Gasteiger charge is -2.13. The Morgan fingerprint density at radius 2 is 1.74 bits per heavy atom. The number of hydrogen-bond acceptors (Lipinski definition) is 5. The molecule has 0 aliphatic carbocycles. The number of carbonyl (C=O) groups is 2. The Kier molecular flexibility index (Phi) is 9.39. The molecule has 3 aromatic rings. The van der Waals surface area contributed by atoms with E-state index in [1.54, 1.807) is 48.8 Å². The van der Waals surface area contributed by atoms with Crippen LogP contribution in [0, 0.1) is 13.8 Å². The number of aromatic nitrogens is 1. The first-order valence-electron chi connectivity index (χ1n) is 12.2. The quantitative estimate of drug-likeness (QED) is 0.156. The van der Waals surface area contributed by atoms with Gasteiger partial charge in [-0.05, 0) is 75.2 Å². The third-order valence-corrected chi connectivity index (χ3v) is 5.65. The second kappa shape index (κ2) is 12.5. The molecule has 0 N–H and O–H groups in total. The summed E-state index contributed by atoms with van der Waals surface area (Å²) in [7, 11) is 0. The number of alkyl halides is 3. The Bertz CT molecular complexity index is 1320. The fraction of sp³-hybridized carbons (Fsp3) is 0.310. The van der Waals surface area contributed by atoms with Crippen molar-refractivity contribution in [2.75, 3.05) is 19.8 Å². The largest absolute Gasteiger partial charge is 0.490 e. The maximum atomic E-state index is 13.2. The first-order chi connectivity index (χ1) is 18.0. The Labute approximate surface area is 219 Å².